The zero-order chi connectivity index (χ0) is 25.0. The first kappa shape index (κ1) is 43.5. The van der Waals surface area contributed by atoms with E-state index in [-0.39, 0.29) is 18.6 Å². The molecule has 0 heterocycles. The number of rotatable bonds is 20. The van der Waals surface area contributed by atoms with Crippen LogP contribution >= 0.6 is 0 Å². The first-order valence-corrected chi connectivity index (χ1v) is 14.1. The maximum atomic E-state index is 8.37. The van der Waals surface area contributed by atoms with Crippen LogP contribution in [0.25, 0.3) is 0 Å². The van der Waals surface area contributed by atoms with E-state index >= 15 is 0 Å². The van der Waals surface area contributed by atoms with Gasteiger partial charge in [-0.3, -0.25) is 0 Å². The minimum Gasteiger partial charge on any atom is -0.396 e. The Morgan fingerprint density at radius 1 is 0.273 bits per heavy atom. The van der Waals surface area contributed by atoms with E-state index in [2.05, 4.69) is 27.7 Å². The molecule has 0 saturated heterocycles. The standard InChI is InChI=1S/4C7H16O.V/c4*1-2-3-4-5-6-7-8;/h4*8H,2-7H2,1H3;. The largest absolute Gasteiger partial charge is 0.396 e. The summed E-state index contributed by atoms with van der Waals surface area (Å²) < 4.78 is 0. The van der Waals surface area contributed by atoms with Gasteiger partial charge in [0.05, 0.1) is 0 Å². The molecule has 0 rings (SSSR count). The zero-order valence-electron chi connectivity index (χ0n) is 23.2. The Morgan fingerprint density at radius 2 is 0.424 bits per heavy atom. The van der Waals surface area contributed by atoms with Crippen LogP contribution in [0.15, 0.2) is 0 Å². The molecule has 0 aromatic carbocycles. The molecule has 0 saturated carbocycles. The molecule has 0 fully saturated rings. The molecule has 0 unspecified atom stereocenters. The summed E-state index contributed by atoms with van der Waals surface area (Å²) >= 11 is 0. The average Bonchev–Trinajstić information content (AvgIpc) is 2.82. The van der Waals surface area contributed by atoms with Crippen molar-refractivity contribution in [2.24, 2.45) is 0 Å². The summed E-state index contributed by atoms with van der Waals surface area (Å²) in [6.07, 6.45) is 24.3. The molecule has 205 valence electrons. The molecular formula is C28H64O4V. The molecule has 1 radical (unpaired) electrons. The minimum atomic E-state index is 0. The molecule has 0 aromatic rings. The van der Waals surface area contributed by atoms with Crippen molar-refractivity contribution in [2.75, 3.05) is 26.4 Å². The van der Waals surface area contributed by atoms with Crippen LogP contribution in [0.5, 0.6) is 0 Å². The van der Waals surface area contributed by atoms with E-state index in [4.69, 9.17) is 20.4 Å². The average molecular weight is 516 g/mol. The summed E-state index contributed by atoms with van der Waals surface area (Å²) in [4.78, 5) is 0. The Kier molecular flexibility index (Phi) is 70.7. The van der Waals surface area contributed by atoms with Crippen LogP contribution in [-0.4, -0.2) is 46.9 Å². The van der Waals surface area contributed by atoms with Crippen LogP contribution in [0.1, 0.15) is 156 Å². The zero-order valence-corrected chi connectivity index (χ0v) is 24.6. The van der Waals surface area contributed by atoms with Crippen molar-refractivity contribution in [3.8, 4) is 0 Å². The maximum Gasteiger partial charge on any atom is 0.0431 e. The topological polar surface area (TPSA) is 80.9 Å². The van der Waals surface area contributed by atoms with Gasteiger partial charge in [-0.2, -0.15) is 0 Å². The molecule has 0 bridgehead atoms. The summed E-state index contributed by atoms with van der Waals surface area (Å²) in [5.41, 5.74) is 0. The normalized spacial score (nSPS) is 9.45. The fourth-order valence-electron chi connectivity index (χ4n) is 2.86. The van der Waals surface area contributed by atoms with Crippen molar-refractivity contribution in [1.29, 1.82) is 0 Å². The van der Waals surface area contributed by atoms with E-state index in [1.54, 1.807) is 0 Å². The smallest absolute Gasteiger partial charge is 0.0431 e. The quantitative estimate of drug-likeness (QED) is 0.125. The monoisotopic (exact) mass is 515 g/mol. The molecule has 0 aliphatic heterocycles. The van der Waals surface area contributed by atoms with E-state index in [0.717, 1.165) is 25.7 Å². The van der Waals surface area contributed by atoms with Gasteiger partial charge in [-0.25, -0.2) is 0 Å². The Hall–Kier alpha value is 0.424. The van der Waals surface area contributed by atoms with E-state index in [9.17, 15) is 0 Å². The van der Waals surface area contributed by atoms with Gasteiger partial charge in [-0.15, -0.1) is 0 Å². The van der Waals surface area contributed by atoms with Crippen molar-refractivity contribution in [3.05, 3.63) is 0 Å². The first-order chi connectivity index (χ1) is 15.7. The van der Waals surface area contributed by atoms with Crippen molar-refractivity contribution in [2.45, 2.75) is 156 Å². The number of aliphatic hydroxyl groups is 4. The molecule has 33 heavy (non-hydrogen) atoms. The Morgan fingerprint density at radius 3 is 0.545 bits per heavy atom. The second-order valence-electron chi connectivity index (χ2n) is 8.55. The fraction of sp³-hybridized carbons (Fsp3) is 1.00. The van der Waals surface area contributed by atoms with Gasteiger partial charge in [-0.05, 0) is 25.7 Å². The Bertz CT molecular complexity index is 172. The molecule has 0 spiro atoms. The van der Waals surface area contributed by atoms with Crippen molar-refractivity contribution < 1.29 is 39.0 Å². The third-order valence-electron chi connectivity index (χ3n) is 5.05. The van der Waals surface area contributed by atoms with Crippen molar-refractivity contribution in [3.63, 3.8) is 0 Å². The molecule has 0 aliphatic rings. The molecule has 4 nitrogen and oxygen atoms in total. The van der Waals surface area contributed by atoms with Crippen molar-refractivity contribution >= 4 is 0 Å². The molecule has 4 N–H and O–H groups in total. The Labute approximate surface area is 221 Å². The number of hydrogen-bond donors (Lipinski definition) is 4. The van der Waals surface area contributed by atoms with Gasteiger partial charge in [0.15, 0.2) is 0 Å². The SMILES string of the molecule is CCCCCCCO.CCCCCCCO.CCCCCCCO.CCCCCCCO.[V]. The first-order valence-electron chi connectivity index (χ1n) is 14.1. The number of aliphatic hydroxyl groups excluding tert-OH is 4. The summed E-state index contributed by atoms with van der Waals surface area (Å²) in [6.45, 7) is 10.2. The minimum absolute atomic E-state index is 0. The van der Waals surface area contributed by atoms with Crippen LogP contribution < -0.4 is 0 Å². The molecule has 5 heteroatoms. The van der Waals surface area contributed by atoms with Crippen LogP contribution in [0.2, 0.25) is 0 Å². The number of unbranched alkanes of at least 4 members (excludes halogenated alkanes) is 16. The van der Waals surface area contributed by atoms with Gasteiger partial charge < -0.3 is 20.4 Å². The van der Waals surface area contributed by atoms with Gasteiger partial charge in [0.1, 0.15) is 0 Å². The van der Waals surface area contributed by atoms with E-state index in [1.165, 1.54) is 103 Å². The molecular weight excluding hydrogens is 451 g/mol. The summed E-state index contributed by atoms with van der Waals surface area (Å²) in [6, 6.07) is 0. The van der Waals surface area contributed by atoms with Gasteiger partial charge >= 0.3 is 0 Å². The fourth-order valence-corrected chi connectivity index (χ4v) is 2.86. The van der Waals surface area contributed by atoms with E-state index < -0.39 is 0 Å². The van der Waals surface area contributed by atoms with Crippen molar-refractivity contribution in [1.82, 2.24) is 0 Å². The van der Waals surface area contributed by atoms with Gasteiger partial charge in [0.25, 0.3) is 0 Å². The van der Waals surface area contributed by atoms with E-state index in [0.29, 0.717) is 26.4 Å². The third kappa shape index (κ3) is 71.9. The van der Waals surface area contributed by atoms with E-state index in [1.807, 2.05) is 0 Å². The van der Waals surface area contributed by atoms with Gasteiger partial charge in [0.2, 0.25) is 0 Å². The third-order valence-corrected chi connectivity index (χ3v) is 5.05. The Balaban J connectivity index is -0.000000105. The van der Waals surface area contributed by atoms with Gasteiger partial charge in [0, 0.05) is 45.0 Å². The predicted octanol–water partition coefficient (Wildman–Crippen LogP) is 7.79. The molecule has 0 atom stereocenters. The van der Waals surface area contributed by atoms with Crippen LogP contribution in [0.3, 0.4) is 0 Å². The second-order valence-corrected chi connectivity index (χ2v) is 8.55. The van der Waals surface area contributed by atoms with Crippen LogP contribution in [-0.2, 0) is 18.6 Å². The predicted molar refractivity (Wildman–Crippen MR) is 143 cm³/mol. The van der Waals surface area contributed by atoms with Gasteiger partial charge in [-0.1, -0.05) is 130 Å². The second kappa shape index (κ2) is 53.7. The summed E-state index contributed by atoms with van der Waals surface area (Å²) in [7, 11) is 0. The summed E-state index contributed by atoms with van der Waals surface area (Å²) in [5.74, 6) is 0. The molecule has 0 aromatic heterocycles. The molecule has 0 amide bonds. The number of hydrogen-bond acceptors (Lipinski definition) is 4. The summed E-state index contributed by atoms with van der Waals surface area (Å²) in [5, 5.41) is 33.5. The van der Waals surface area contributed by atoms with Crippen LogP contribution in [0.4, 0.5) is 0 Å². The maximum absolute atomic E-state index is 8.37. The molecule has 0 aliphatic carbocycles. The van der Waals surface area contributed by atoms with Crippen LogP contribution in [0, 0.1) is 0 Å².